The van der Waals surface area contributed by atoms with Gasteiger partial charge in [0.05, 0.1) is 0 Å². The van der Waals surface area contributed by atoms with E-state index in [1.807, 2.05) is 0 Å². The third-order valence-corrected chi connectivity index (χ3v) is 4.40. The molecule has 1 N–H and O–H groups in total. The minimum atomic E-state index is -4.10. The molecule has 0 bridgehead atoms. The predicted molar refractivity (Wildman–Crippen MR) is 69.1 cm³/mol. The van der Waals surface area contributed by atoms with Crippen LogP contribution in [0, 0.1) is 5.92 Å². The van der Waals surface area contributed by atoms with Crippen LogP contribution in [0.1, 0.15) is 19.8 Å². The van der Waals surface area contributed by atoms with Crippen LogP contribution < -0.4 is 5.32 Å². The van der Waals surface area contributed by atoms with Crippen molar-refractivity contribution in [3.63, 3.8) is 0 Å². The molecular weight excluding hydrogens is 255 g/mol. The molecule has 0 aromatic heterocycles. The molecule has 0 aromatic rings. The van der Waals surface area contributed by atoms with Crippen molar-refractivity contribution in [2.45, 2.75) is 32.0 Å². The Morgan fingerprint density at radius 3 is 2.21 bits per heavy atom. The molecule has 0 saturated carbocycles. The highest BCUT2D eigenvalue weighted by Gasteiger charge is 2.40. The van der Waals surface area contributed by atoms with Crippen LogP contribution in [-0.4, -0.2) is 67.8 Å². The topological polar surface area (TPSA) is 18.5 Å². The molecule has 0 amide bonds. The molecule has 1 unspecified atom stereocenters. The summed E-state index contributed by atoms with van der Waals surface area (Å²) in [7, 11) is 0. The molecule has 0 aromatic carbocycles. The van der Waals surface area contributed by atoms with Gasteiger partial charge in [-0.05, 0) is 38.8 Å². The van der Waals surface area contributed by atoms with Crippen LogP contribution in [0.2, 0.25) is 0 Å². The molecule has 2 aliphatic rings. The highest BCUT2D eigenvalue weighted by molar-refractivity contribution is 4.82. The first-order valence-corrected chi connectivity index (χ1v) is 7.20. The fourth-order valence-electron chi connectivity index (χ4n) is 2.97. The van der Waals surface area contributed by atoms with E-state index >= 15 is 0 Å². The van der Waals surface area contributed by atoms with Crippen molar-refractivity contribution >= 4 is 0 Å². The van der Waals surface area contributed by atoms with Gasteiger partial charge in [-0.1, -0.05) is 0 Å². The summed E-state index contributed by atoms with van der Waals surface area (Å²) in [6, 6.07) is -1.31. The second-order valence-corrected chi connectivity index (χ2v) is 5.75. The van der Waals surface area contributed by atoms with Crippen LogP contribution in [0.5, 0.6) is 0 Å². The molecule has 0 aliphatic carbocycles. The quantitative estimate of drug-likeness (QED) is 0.846. The summed E-state index contributed by atoms with van der Waals surface area (Å²) in [6.07, 6.45) is -1.71. The smallest absolute Gasteiger partial charge is 0.317 e. The number of piperazine rings is 1. The molecule has 1 atom stereocenters. The number of nitrogens with one attached hydrogen (secondary N) is 1. The van der Waals surface area contributed by atoms with Gasteiger partial charge >= 0.3 is 6.18 Å². The van der Waals surface area contributed by atoms with E-state index in [-0.39, 0.29) is 0 Å². The second-order valence-electron chi connectivity index (χ2n) is 5.75. The summed E-state index contributed by atoms with van der Waals surface area (Å²) in [5.41, 5.74) is 0. The third kappa shape index (κ3) is 4.33. The van der Waals surface area contributed by atoms with Crippen molar-refractivity contribution in [1.29, 1.82) is 0 Å². The lowest BCUT2D eigenvalue weighted by Gasteiger charge is -2.40. The van der Waals surface area contributed by atoms with Crippen molar-refractivity contribution in [3.8, 4) is 0 Å². The van der Waals surface area contributed by atoms with E-state index in [9.17, 15) is 13.2 Å². The lowest BCUT2D eigenvalue weighted by Crippen LogP contribution is -2.54. The van der Waals surface area contributed by atoms with Gasteiger partial charge in [0.1, 0.15) is 6.04 Å². The molecule has 2 rings (SSSR count). The summed E-state index contributed by atoms with van der Waals surface area (Å²) in [5, 5.41) is 3.34. The lowest BCUT2D eigenvalue weighted by atomic mass is 9.97. The van der Waals surface area contributed by atoms with E-state index < -0.39 is 12.2 Å². The number of halogens is 3. The normalized spacial score (nSPS) is 26.5. The summed E-state index contributed by atoms with van der Waals surface area (Å²) >= 11 is 0. The van der Waals surface area contributed by atoms with E-state index in [4.69, 9.17) is 0 Å². The van der Waals surface area contributed by atoms with Gasteiger partial charge in [0, 0.05) is 32.7 Å². The zero-order valence-corrected chi connectivity index (χ0v) is 11.5. The van der Waals surface area contributed by atoms with E-state index in [2.05, 4.69) is 10.2 Å². The average Bonchev–Trinajstić information content (AvgIpc) is 2.39. The first kappa shape index (κ1) is 15.1. The second kappa shape index (κ2) is 6.41. The summed E-state index contributed by atoms with van der Waals surface area (Å²) < 4.78 is 37.9. The monoisotopic (exact) mass is 279 g/mol. The van der Waals surface area contributed by atoms with Crippen LogP contribution in [0.15, 0.2) is 0 Å². The Hall–Kier alpha value is -0.330. The fraction of sp³-hybridized carbons (Fsp3) is 1.00. The number of rotatable bonds is 3. The Balaban J connectivity index is 1.73. The highest BCUT2D eigenvalue weighted by Crippen LogP contribution is 2.25. The highest BCUT2D eigenvalue weighted by atomic mass is 19.4. The summed E-state index contributed by atoms with van der Waals surface area (Å²) in [6.45, 7) is 7.08. The molecule has 2 aliphatic heterocycles. The van der Waals surface area contributed by atoms with Crippen molar-refractivity contribution in [2.24, 2.45) is 5.92 Å². The molecular formula is C13H24F3N3. The maximum absolute atomic E-state index is 12.6. The SMILES string of the molecule is CC(N1CCN(CC2CCNCC2)CC1)C(F)(F)F. The Labute approximate surface area is 113 Å². The summed E-state index contributed by atoms with van der Waals surface area (Å²) in [5.74, 6) is 0.716. The molecule has 2 saturated heterocycles. The number of hydrogen-bond acceptors (Lipinski definition) is 3. The third-order valence-electron chi connectivity index (χ3n) is 4.40. The maximum atomic E-state index is 12.6. The van der Waals surface area contributed by atoms with Crippen molar-refractivity contribution < 1.29 is 13.2 Å². The standard InChI is InChI=1S/C13H24F3N3/c1-11(13(14,15)16)19-8-6-18(7-9-19)10-12-2-4-17-5-3-12/h11-12,17H,2-10H2,1H3. The van der Waals surface area contributed by atoms with Crippen molar-refractivity contribution in [1.82, 2.24) is 15.1 Å². The van der Waals surface area contributed by atoms with Gasteiger partial charge in [-0.25, -0.2) is 0 Å². The molecule has 6 heteroatoms. The number of alkyl halides is 3. The van der Waals surface area contributed by atoms with Gasteiger partial charge in [-0.15, -0.1) is 0 Å². The number of hydrogen-bond donors (Lipinski definition) is 1. The van der Waals surface area contributed by atoms with Gasteiger partial charge in [-0.2, -0.15) is 13.2 Å². The van der Waals surface area contributed by atoms with Crippen LogP contribution >= 0.6 is 0 Å². The molecule has 0 radical (unpaired) electrons. The number of nitrogens with zero attached hydrogens (tertiary/aromatic N) is 2. The molecule has 0 spiro atoms. The van der Waals surface area contributed by atoms with Crippen LogP contribution in [0.4, 0.5) is 13.2 Å². The predicted octanol–water partition coefficient (Wildman–Crippen LogP) is 1.55. The molecule has 3 nitrogen and oxygen atoms in total. The Bertz CT molecular complexity index is 269. The van der Waals surface area contributed by atoms with E-state index in [1.165, 1.54) is 19.8 Å². The van der Waals surface area contributed by atoms with Gasteiger partial charge in [0.2, 0.25) is 0 Å². The van der Waals surface area contributed by atoms with Gasteiger partial charge in [0.25, 0.3) is 0 Å². The van der Waals surface area contributed by atoms with Gasteiger partial charge in [0.15, 0.2) is 0 Å². The lowest BCUT2D eigenvalue weighted by molar-refractivity contribution is -0.182. The molecule has 2 heterocycles. The minimum absolute atomic E-state index is 0.533. The van der Waals surface area contributed by atoms with E-state index in [0.717, 1.165) is 32.7 Å². The fourth-order valence-corrected chi connectivity index (χ4v) is 2.97. The number of piperidine rings is 1. The molecule has 19 heavy (non-hydrogen) atoms. The largest absolute Gasteiger partial charge is 0.403 e. The van der Waals surface area contributed by atoms with Gasteiger partial charge in [-0.3, -0.25) is 4.90 Å². The Morgan fingerprint density at radius 2 is 1.68 bits per heavy atom. The zero-order valence-electron chi connectivity index (χ0n) is 11.5. The first-order chi connectivity index (χ1) is 8.97. The van der Waals surface area contributed by atoms with E-state index in [0.29, 0.717) is 19.0 Å². The Kier molecular flexibility index (Phi) is 5.09. The van der Waals surface area contributed by atoms with Crippen LogP contribution in [0.3, 0.4) is 0 Å². The van der Waals surface area contributed by atoms with Gasteiger partial charge < -0.3 is 10.2 Å². The van der Waals surface area contributed by atoms with Crippen molar-refractivity contribution in [2.75, 3.05) is 45.8 Å². The molecule has 112 valence electrons. The van der Waals surface area contributed by atoms with E-state index in [1.54, 1.807) is 4.90 Å². The maximum Gasteiger partial charge on any atom is 0.403 e. The minimum Gasteiger partial charge on any atom is -0.317 e. The first-order valence-electron chi connectivity index (χ1n) is 7.20. The van der Waals surface area contributed by atoms with Crippen LogP contribution in [-0.2, 0) is 0 Å². The Morgan fingerprint density at radius 1 is 1.11 bits per heavy atom. The summed E-state index contributed by atoms with van der Waals surface area (Å²) in [4.78, 5) is 3.88. The molecule has 2 fully saturated rings. The van der Waals surface area contributed by atoms with Crippen LogP contribution in [0.25, 0.3) is 0 Å². The zero-order chi connectivity index (χ0) is 13.9. The van der Waals surface area contributed by atoms with Crippen molar-refractivity contribution in [3.05, 3.63) is 0 Å². The average molecular weight is 279 g/mol.